The lowest BCUT2D eigenvalue weighted by Gasteiger charge is -2.20. The van der Waals surface area contributed by atoms with Gasteiger partial charge in [0.1, 0.15) is 12.6 Å². The van der Waals surface area contributed by atoms with E-state index in [4.69, 9.17) is 24.8 Å². The summed E-state index contributed by atoms with van der Waals surface area (Å²) < 4.78 is 32.5. The zero-order chi connectivity index (χ0) is 44.5. The Hall–Kier alpha value is -3.16. The van der Waals surface area contributed by atoms with Crippen molar-refractivity contribution >= 4 is 25.7 Å². The molecule has 0 bridgehead atoms. The molecule has 0 aliphatic carbocycles. The van der Waals surface area contributed by atoms with Gasteiger partial charge in [0.25, 0.3) is 0 Å². The summed E-state index contributed by atoms with van der Waals surface area (Å²) in [4.78, 5) is 46.0. The highest BCUT2D eigenvalue weighted by molar-refractivity contribution is 7.47. The van der Waals surface area contributed by atoms with Crippen molar-refractivity contribution < 1.29 is 57.7 Å². The van der Waals surface area contributed by atoms with Gasteiger partial charge in [-0.25, -0.2) is 4.57 Å². The van der Waals surface area contributed by atoms with Crippen LogP contribution in [0.15, 0.2) is 72.9 Å². The number of unbranched alkanes of at least 4 members (excludes halogenated alkanes) is 12. The highest BCUT2D eigenvalue weighted by Crippen LogP contribution is 2.43. The summed E-state index contributed by atoms with van der Waals surface area (Å²) in [7, 11) is -4.78. The Labute approximate surface area is 360 Å². The summed E-state index contributed by atoms with van der Waals surface area (Å²) >= 11 is 0. The third-order valence-corrected chi connectivity index (χ3v) is 10.1. The number of esters is 2. The first-order valence-corrected chi connectivity index (χ1v) is 23.7. The molecule has 0 aliphatic heterocycles. The van der Waals surface area contributed by atoms with Crippen molar-refractivity contribution in [1.29, 1.82) is 0 Å². The van der Waals surface area contributed by atoms with Crippen molar-refractivity contribution in [3.63, 3.8) is 0 Å². The number of allylic oxidation sites excluding steroid dienone is 10. The molecule has 13 nitrogen and oxygen atoms in total. The number of carboxylic acids is 1. The van der Waals surface area contributed by atoms with Crippen LogP contribution < -0.4 is 5.73 Å². The number of phosphoric acid groups is 1. The van der Waals surface area contributed by atoms with E-state index >= 15 is 0 Å². The van der Waals surface area contributed by atoms with Gasteiger partial charge in [0.05, 0.1) is 25.4 Å². The standard InChI is InChI=1S/C46H78NO12P/c1-3-5-7-8-9-10-11-12-13-14-15-16-17-18-22-25-29-35-45(51)59-42(38-57-60(54,55)58-39-43(47)46(52)53)37-56-44(50)36-30-34-41(49)33-28-24-21-19-20-23-27-32-40(48)31-26-6-4-2/h9-10,12-13,20-21,23-24,27-28,32-33,40-43,48-49H,3-8,11,14-19,22,25-26,29-31,34-39,47H2,1-2H3,(H,52,53)(H,54,55)/b10-9-,13-12-,23-20-,24-21-,32-27+,33-28+/t40-,41-,42+,43-/m0/s1. The van der Waals surface area contributed by atoms with E-state index in [0.29, 0.717) is 25.7 Å². The Balaban J connectivity index is 4.61. The van der Waals surface area contributed by atoms with Crippen LogP contribution in [0.25, 0.3) is 0 Å². The maximum absolute atomic E-state index is 12.6. The molecule has 0 rings (SSSR count). The molecule has 5 atom stereocenters. The SMILES string of the molecule is CCCCC/C=C\C/C=C\CCCCCCCCCC(=O)O[C@H](COC(=O)CCC[C@@H](O)/C=C/C=C\C/C=C\C=C\[C@@H](O)CCCCC)COP(=O)(O)OC[C@H](N)C(=O)O. The van der Waals surface area contributed by atoms with Crippen molar-refractivity contribution in [1.82, 2.24) is 0 Å². The van der Waals surface area contributed by atoms with Crippen LogP contribution in [0.1, 0.15) is 155 Å². The second kappa shape index (κ2) is 39.9. The number of carbonyl (C=O) groups excluding carboxylic acids is 2. The Bertz CT molecular complexity index is 1330. The van der Waals surface area contributed by atoms with E-state index in [9.17, 15) is 34.1 Å². The molecule has 6 N–H and O–H groups in total. The Morgan fingerprint density at radius 3 is 1.70 bits per heavy atom. The first-order chi connectivity index (χ1) is 28.9. The lowest BCUT2D eigenvalue weighted by atomic mass is 10.1. The molecule has 0 aromatic carbocycles. The second-order valence-corrected chi connectivity index (χ2v) is 16.3. The fraction of sp³-hybridized carbons (Fsp3) is 0.674. The van der Waals surface area contributed by atoms with E-state index in [0.717, 1.165) is 83.5 Å². The van der Waals surface area contributed by atoms with Crippen LogP contribution in [-0.2, 0) is 37.5 Å². The van der Waals surface area contributed by atoms with Crippen LogP contribution in [0.3, 0.4) is 0 Å². The molecule has 14 heteroatoms. The third kappa shape index (κ3) is 39.0. The number of phosphoric ester groups is 1. The van der Waals surface area contributed by atoms with Crippen molar-refractivity contribution in [2.45, 2.75) is 179 Å². The van der Waals surface area contributed by atoms with Gasteiger partial charge in [-0.15, -0.1) is 0 Å². The molecule has 0 aliphatic rings. The van der Waals surface area contributed by atoms with Crippen LogP contribution in [-0.4, -0.2) is 82.3 Å². The Kier molecular flexibility index (Phi) is 37.8. The van der Waals surface area contributed by atoms with Gasteiger partial charge in [-0.1, -0.05) is 151 Å². The maximum atomic E-state index is 12.6. The lowest BCUT2D eigenvalue weighted by molar-refractivity contribution is -0.161. The maximum Gasteiger partial charge on any atom is 0.472 e. The summed E-state index contributed by atoms with van der Waals surface area (Å²) in [5.74, 6) is -2.65. The largest absolute Gasteiger partial charge is 0.480 e. The van der Waals surface area contributed by atoms with Gasteiger partial charge >= 0.3 is 25.7 Å². The van der Waals surface area contributed by atoms with Crippen LogP contribution in [0.2, 0.25) is 0 Å². The molecule has 344 valence electrons. The minimum Gasteiger partial charge on any atom is -0.480 e. The van der Waals surface area contributed by atoms with Gasteiger partial charge in [-0.3, -0.25) is 23.4 Å². The van der Waals surface area contributed by atoms with Crippen molar-refractivity contribution in [3.8, 4) is 0 Å². The average molecular weight is 868 g/mol. The first kappa shape index (κ1) is 56.8. The van der Waals surface area contributed by atoms with Crippen molar-refractivity contribution in [2.75, 3.05) is 19.8 Å². The van der Waals surface area contributed by atoms with E-state index in [1.165, 1.54) is 19.3 Å². The summed E-state index contributed by atoms with van der Waals surface area (Å²) in [6, 6.07) is -1.56. The molecule has 0 saturated heterocycles. The second-order valence-electron chi connectivity index (χ2n) is 14.9. The Morgan fingerprint density at radius 1 is 0.600 bits per heavy atom. The number of carboxylic acid groups (broad SMARTS) is 1. The predicted octanol–water partition coefficient (Wildman–Crippen LogP) is 9.67. The van der Waals surface area contributed by atoms with E-state index in [1.807, 2.05) is 30.4 Å². The highest BCUT2D eigenvalue weighted by atomic mass is 31.2. The third-order valence-electron chi connectivity index (χ3n) is 9.14. The molecule has 0 aromatic heterocycles. The number of hydrogen-bond acceptors (Lipinski definition) is 11. The average Bonchev–Trinajstić information content (AvgIpc) is 3.21. The predicted molar refractivity (Wildman–Crippen MR) is 238 cm³/mol. The van der Waals surface area contributed by atoms with Crippen molar-refractivity contribution in [2.24, 2.45) is 5.73 Å². The summed E-state index contributed by atoms with van der Waals surface area (Å²) in [6.45, 7) is 2.43. The van der Waals surface area contributed by atoms with Gasteiger partial charge in [-0.05, 0) is 64.2 Å². The number of rotatable bonds is 40. The molecule has 1 unspecified atom stereocenters. The lowest BCUT2D eigenvalue weighted by Crippen LogP contribution is -2.34. The van der Waals surface area contributed by atoms with Gasteiger partial charge < -0.3 is 35.4 Å². The van der Waals surface area contributed by atoms with Gasteiger partial charge in [-0.2, -0.15) is 0 Å². The molecule has 0 spiro atoms. The van der Waals surface area contributed by atoms with E-state index in [2.05, 4.69) is 42.7 Å². The van der Waals surface area contributed by atoms with Crippen LogP contribution >= 0.6 is 7.82 Å². The number of ether oxygens (including phenoxy) is 2. The number of aliphatic hydroxyl groups is 2. The van der Waals surface area contributed by atoms with Crippen LogP contribution in [0.4, 0.5) is 0 Å². The molecule has 0 aromatic rings. The zero-order valence-corrected chi connectivity index (χ0v) is 37.4. The Morgan fingerprint density at radius 2 is 1.10 bits per heavy atom. The fourth-order valence-corrected chi connectivity index (χ4v) is 6.32. The molecule has 0 saturated carbocycles. The van der Waals surface area contributed by atoms with E-state index < -0.39 is 69.9 Å². The number of nitrogens with two attached hydrogens (primary N) is 1. The molecular weight excluding hydrogens is 789 g/mol. The molecule has 0 heterocycles. The monoisotopic (exact) mass is 868 g/mol. The molecular formula is C46H78NO12P. The fourth-order valence-electron chi connectivity index (χ4n) is 5.54. The smallest absolute Gasteiger partial charge is 0.472 e. The van der Waals surface area contributed by atoms with Gasteiger partial charge in [0.2, 0.25) is 0 Å². The molecule has 60 heavy (non-hydrogen) atoms. The molecule has 0 radical (unpaired) electrons. The number of carbonyl (C=O) groups is 3. The number of aliphatic carboxylic acids is 1. The van der Waals surface area contributed by atoms with Crippen LogP contribution in [0.5, 0.6) is 0 Å². The highest BCUT2D eigenvalue weighted by Gasteiger charge is 2.28. The molecule has 0 fully saturated rings. The van der Waals surface area contributed by atoms with E-state index in [1.54, 1.807) is 18.2 Å². The van der Waals surface area contributed by atoms with Gasteiger partial charge in [0.15, 0.2) is 6.10 Å². The summed E-state index contributed by atoms with van der Waals surface area (Å²) in [5.41, 5.74) is 5.32. The quantitative estimate of drug-likeness (QED) is 0.0128. The minimum absolute atomic E-state index is 0.0316. The number of aliphatic hydroxyl groups excluding tert-OH is 2. The van der Waals surface area contributed by atoms with Crippen molar-refractivity contribution in [3.05, 3.63) is 72.9 Å². The molecule has 0 amide bonds. The van der Waals surface area contributed by atoms with Gasteiger partial charge in [0, 0.05) is 12.8 Å². The normalized spacial score (nSPS) is 15.4. The minimum atomic E-state index is -4.78. The summed E-state index contributed by atoms with van der Waals surface area (Å²) in [6.07, 6.45) is 40.3. The van der Waals surface area contributed by atoms with E-state index in [-0.39, 0.29) is 12.8 Å². The summed E-state index contributed by atoms with van der Waals surface area (Å²) in [5, 5.41) is 29.0. The first-order valence-electron chi connectivity index (χ1n) is 22.2. The number of hydrogen-bond donors (Lipinski definition) is 5. The topological polar surface area (TPSA) is 212 Å². The van der Waals surface area contributed by atoms with Crippen LogP contribution in [0, 0.1) is 0 Å². The zero-order valence-electron chi connectivity index (χ0n) is 36.5.